The number of sulfonamides is 1. The van der Waals surface area contributed by atoms with Crippen LogP contribution in [0.15, 0.2) is 29.2 Å². The van der Waals surface area contributed by atoms with Gasteiger partial charge in [-0.25, -0.2) is 13.6 Å². The number of carbonyl (C=O) groups is 1. The van der Waals surface area contributed by atoms with Gasteiger partial charge in [-0.1, -0.05) is 0 Å². The molecule has 1 heterocycles. The molecule has 1 aliphatic heterocycles. The minimum absolute atomic E-state index is 0.0151. The second-order valence-electron chi connectivity index (χ2n) is 5.57. The van der Waals surface area contributed by atoms with E-state index in [1.165, 1.54) is 24.3 Å². The Morgan fingerprint density at radius 2 is 1.82 bits per heavy atom. The molecule has 122 valence electrons. The van der Waals surface area contributed by atoms with Gasteiger partial charge in [0.25, 0.3) is 0 Å². The first-order valence-electron chi connectivity index (χ1n) is 7.04. The molecule has 0 saturated carbocycles. The maximum atomic E-state index is 12.0. The van der Waals surface area contributed by atoms with Gasteiger partial charge in [0.2, 0.25) is 15.9 Å². The van der Waals surface area contributed by atoms with Crippen molar-refractivity contribution in [1.29, 1.82) is 0 Å². The maximum absolute atomic E-state index is 12.0. The number of carbonyl (C=O) groups excluding carboxylic acids is 1. The Labute approximate surface area is 130 Å². The molecule has 1 saturated heterocycles. The molecule has 0 aromatic heterocycles. The van der Waals surface area contributed by atoms with E-state index in [1.54, 1.807) is 0 Å². The summed E-state index contributed by atoms with van der Waals surface area (Å²) in [7, 11) is -3.72. The molecule has 1 aromatic carbocycles. The summed E-state index contributed by atoms with van der Waals surface area (Å²) in [6, 6.07) is 5.76. The van der Waals surface area contributed by atoms with Crippen molar-refractivity contribution in [1.82, 2.24) is 4.90 Å². The summed E-state index contributed by atoms with van der Waals surface area (Å²) in [4.78, 5) is 14.1. The minimum Gasteiger partial charge on any atom is -0.373 e. The van der Waals surface area contributed by atoms with Crippen LogP contribution in [0.25, 0.3) is 0 Å². The molecule has 1 aliphatic rings. The Hall–Kier alpha value is -1.48. The zero-order valence-corrected chi connectivity index (χ0v) is 13.5. The third kappa shape index (κ3) is 4.77. The highest BCUT2D eigenvalue weighted by Gasteiger charge is 2.23. The van der Waals surface area contributed by atoms with E-state index in [2.05, 4.69) is 5.32 Å². The van der Waals surface area contributed by atoms with Crippen molar-refractivity contribution < 1.29 is 17.9 Å². The van der Waals surface area contributed by atoms with Crippen molar-refractivity contribution in [2.24, 2.45) is 5.14 Å². The Balaban J connectivity index is 1.92. The van der Waals surface area contributed by atoms with Crippen molar-refractivity contribution in [3.8, 4) is 0 Å². The molecule has 0 aliphatic carbocycles. The van der Waals surface area contributed by atoms with Gasteiger partial charge in [0.15, 0.2) is 0 Å². The molecular formula is C14H21N3O4S. The van der Waals surface area contributed by atoms with Gasteiger partial charge in [0.05, 0.1) is 23.6 Å². The number of anilines is 1. The molecule has 2 atom stereocenters. The predicted octanol–water partition coefficient (Wildman–Crippen LogP) is 0.382. The lowest BCUT2D eigenvalue weighted by molar-refractivity contribution is -0.121. The lowest BCUT2D eigenvalue weighted by Crippen LogP contribution is -2.48. The minimum atomic E-state index is -3.72. The van der Waals surface area contributed by atoms with Crippen LogP contribution >= 0.6 is 0 Å². The summed E-state index contributed by atoms with van der Waals surface area (Å²) >= 11 is 0. The summed E-state index contributed by atoms with van der Waals surface area (Å²) in [5.74, 6) is -0.148. The van der Waals surface area contributed by atoms with Gasteiger partial charge >= 0.3 is 0 Å². The Bertz CT molecular complexity index is 620. The molecule has 0 bridgehead atoms. The average Bonchev–Trinajstić information content (AvgIpc) is 2.36. The first kappa shape index (κ1) is 16.9. The summed E-state index contributed by atoms with van der Waals surface area (Å²) in [6.45, 7) is 5.65. The summed E-state index contributed by atoms with van der Waals surface area (Å²) in [5.41, 5.74) is 0.534. The Kier molecular flexibility index (Phi) is 5.17. The standard InChI is InChI=1S/C14H21N3O4S/c1-10-7-17(8-11(2)21-10)9-14(18)16-12-3-5-13(6-4-12)22(15,19)20/h3-6,10-11H,7-9H2,1-2H3,(H,16,18)(H2,15,19,20)/t10-,11-/m0/s1. The average molecular weight is 327 g/mol. The number of amides is 1. The summed E-state index contributed by atoms with van der Waals surface area (Å²) in [6.07, 6.45) is 0.205. The fourth-order valence-electron chi connectivity index (χ4n) is 2.55. The molecule has 22 heavy (non-hydrogen) atoms. The van der Waals surface area contributed by atoms with Gasteiger partial charge in [0, 0.05) is 18.8 Å². The molecule has 3 N–H and O–H groups in total. The zero-order chi connectivity index (χ0) is 16.3. The Morgan fingerprint density at radius 1 is 1.27 bits per heavy atom. The lowest BCUT2D eigenvalue weighted by Gasteiger charge is -2.34. The molecule has 0 spiro atoms. The normalized spacial score (nSPS) is 23.2. The van der Waals surface area contributed by atoms with E-state index in [-0.39, 0.29) is 29.6 Å². The third-order valence-corrected chi connectivity index (χ3v) is 4.26. The van der Waals surface area contributed by atoms with Crippen molar-refractivity contribution in [3.63, 3.8) is 0 Å². The third-order valence-electron chi connectivity index (χ3n) is 3.33. The van der Waals surface area contributed by atoms with Crippen LogP contribution in [0.3, 0.4) is 0 Å². The van der Waals surface area contributed by atoms with Crippen LogP contribution < -0.4 is 10.5 Å². The topological polar surface area (TPSA) is 102 Å². The summed E-state index contributed by atoms with van der Waals surface area (Å²) in [5, 5.41) is 7.76. The van der Waals surface area contributed by atoms with Crippen molar-refractivity contribution >= 4 is 21.6 Å². The first-order valence-corrected chi connectivity index (χ1v) is 8.59. The van der Waals surface area contributed by atoms with Crippen LogP contribution in [0.2, 0.25) is 0 Å². The number of nitrogens with one attached hydrogen (secondary N) is 1. The van der Waals surface area contributed by atoms with Crippen LogP contribution in [0.5, 0.6) is 0 Å². The number of hydrogen-bond donors (Lipinski definition) is 2. The number of morpholine rings is 1. The van der Waals surface area contributed by atoms with E-state index < -0.39 is 10.0 Å². The zero-order valence-electron chi connectivity index (χ0n) is 12.7. The second-order valence-corrected chi connectivity index (χ2v) is 7.13. The van der Waals surface area contributed by atoms with E-state index in [0.29, 0.717) is 18.8 Å². The van der Waals surface area contributed by atoms with Crippen molar-refractivity contribution in [2.45, 2.75) is 31.0 Å². The van der Waals surface area contributed by atoms with Crippen LogP contribution in [-0.2, 0) is 19.6 Å². The van der Waals surface area contributed by atoms with Crippen molar-refractivity contribution in [3.05, 3.63) is 24.3 Å². The second kappa shape index (κ2) is 6.74. The fourth-order valence-corrected chi connectivity index (χ4v) is 3.06. The van der Waals surface area contributed by atoms with E-state index >= 15 is 0 Å². The number of hydrogen-bond acceptors (Lipinski definition) is 5. The molecule has 1 aromatic rings. The maximum Gasteiger partial charge on any atom is 0.238 e. The van der Waals surface area contributed by atoms with Gasteiger partial charge < -0.3 is 10.1 Å². The lowest BCUT2D eigenvalue weighted by atomic mass is 10.2. The van der Waals surface area contributed by atoms with Crippen LogP contribution in [0.1, 0.15) is 13.8 Å². The number of nitrogens with zero attached hydrogens (tertiary/aromatic N) is 1. The predicted molar refractivity (Wildman–Crippen MR) is 82.9 cm³/mol. The van der Waals surface area contributed by atoms with E-state index in [9.17, 15) is 13.2 Å². The molecule has 2 rings (SSSR count). The number of rotatable bonds is 4. The molecule has 0 radical (unpaired) electrons. The van der Waals surface area contributed by atoms with Gasteiger partial charge in [-0.2, -0.15) is 0 Å². The monoisotopic (exact) mass is 327 g/mol. The fraction of sp³-hybridized carbons (Fsp3) is 0.500. The van der Waals surface area contributed by atoms with Gasteiger partial charge in [-0.15, -0.1) is 0 Å². The van der Waals surface area contributed by atoms with E-state index in [1.807, 2.05) is 18.7 Å². The smallest absolute Gasteiger partial charge is 0.238 e. The Morgan fingerprint density at radius 3 is 2.32 bits per heavy atom. The highest BCUT2D eigenvalue weighted by molar-refractivity contribution is 7.89. The van der Waals surface area contributed by atoms with Gasteiger partial charge in [-0.05, 0) is 38.1 Å². The number of primary sulfonamides is 1. The highest BCUT2D eigenvalue weighted by atomic mass is 32.2. The van der Waals surface area contributed by atoms with Crippen LogP contribution in [0, 0.1) is 0 Å². The van der Waals surface area contributed by atoms with E-state index in [4.69, 9.17) is 9.88 Å². The van der Waals surface area contributed by atoms with Crippen LogP contribution in [0.4, 0.5) is 5.69 Å². The number of benzene rings is 1. The number of nitrogens with two attached hydrogens (primary N) is 1. The highest BCUT2D eigenvalue weighted by Crippen LogP contribution is 2.14. The molecule has 7 nitrogen and oxygen atoms in total. The largest absolute Gasteiger partial charge is 0.373 e. The van der Waals surface area contributed by atoms with Gasteiger partial charge in [-0.3, -0.25) is 9.69 Å². The van der Waals surface area contributed by atoms with Crippen LogP contribution in [-0.4, -0.2) is 51.1 Å². The SMILES string of the molecule is C[C@H]1CN(CC(=O)Nc2ccc(S(N)(=O)=O)cc2)C[C@H](C)O1. The van der Waals surface area contributed by atoms with Crippen molar-refractivity contribution in [2.75, 3.05) is 25.0 Å². The summed E-state index contributed by atoms with van der Waals surface area (Å²) < 4.78 is 27.9. The quantitative estimate of drug-likeness (QED) is 0.832. The first-order chi connectivity index (χ1) is 10.2. The molecule has 1 amide bonds. The molecule has 1 fully saturated rings. The molecule has 0 unspecified atom stereocenters. The van der Waals surface area contributed by atoms with Gasteiger partial charge in [0.1, 0.15) is 0 Å². The molecular weight excluding hydrogens is 306 g/mol. The molecule has 8 heteroatoms. The van der Waals surface area contributed by atoms with E-state index in [0.717, 1.165) is 0 Å². The number of ether oxygens (including phenoxy) is 1.